The van der Waals surface area contributed by atoms with Crippen LogP contribution in [0.5, 0.6) is 0 Å². The number of pyridine rings is 1. The SMILES string of the molecule is CCCc1c(C)c(C#N)c2nc3ccccc3n2c1N1CCN(Cc2ccccc2)CC1. The summed E-state index contributed by atoms with van der Waals surface area (Å²) in [6.45, 7) is 9.28. The number of imidazole rings is 1. The number of aromatic nitrogens is 2. The minimum atomic E-state index is 0.705. The van der Waals surface area contributed by atoms with E-state index in [0.717, 1.165) is 67.8 Å². The van der Waals surface area contributed by atoms with Gasteiger partial charge in [-0.25, -0.2) is 4.98 Å². The summed E-state index contributed by atoms with van der Waals surface area (Å²) >= 11 is 0. The predicted molar refractivity (Wildman–Crippen MR) is 130 cm³/mol. The molecular formula is C27H29N5. The zero-order chi connectivity index (χ0) is 22.1. The molecule has 5 nitrogen and oxygen atoms in total. The number of fused-ring (bicyclic) bond motifs is 3. The van der Waals surface area contributed by atoms with Crippen LogP contribution >= 0.6 is 0 Å². The van der Waals surface area contributed by atoms with Crippen LogP contribution in [0.25, 0.3) is 16.7 Å². The third-order valence-electron chi connectivity index (χ3n) is 6.63. The van der Waals surface area contributed by atoms with Crippen LogP contribution in [-0.4, -0.2) is 40.5 Å². The molecular weight excluding hydrogens is 394 g/mol. The molecule has 5 heteroatoms. The molecule has 1 saturated heterocycles. The number of benzene rings is 2. The fourth-order valence-corrected chi connectivity index (χ4v) is 5.00. The van der Waals surface area contributed by atoms with Crippen molar-refractivity contribution in [1.29, 1.82) is 5.26 Å². The summed E-state index contributed by atoms with van der Waals surface area (Å²) in [6, 6.07) is 21.4. The molecule has 1 fully saturated rings. The molecule has 0 aliphatic carbocycles. The molecule has 2 aromatic carbocycles. The van der Waals surface area contributed by atoms with Gasteiger partial charge in [-0.05, 0) is 42.2 Å². The molecule has 0 atom stereocenters. The van der Waals surface area contributed by atoms with Crippen molar-refractivity contribution in [1.82, 2.24) is 14.3 Å². The van der Waals surface area contributed by atoms with Gasteiger partial charge in [0.1, 0.15) is 11.9 Å². The first kappa shape index (κ1) is 20.5. The maximum atomic E-state index is 9.99. The highest BCUT2D eigenvalue weighted by Crippen LogP contribution is 2.34. The molecule has 3 heterocycles. The third kappa shape index (κ3) is 3.51. The molecule has 162 valence electrons. The number of nitriles is 1. The van der Waals surface area contributed by atoms with Gasteiger partial charge in [0.15, 0.2) is 5.65 Å². The van der Waals surface area contributed by atoms with E-state index in [1.807, 2.05) is 12.1 Å². The van der Waals surface area contributed by atoms with Crippen molar-refractivity contribution >= 4 is 22.5 Å². The maximum absolute atomic E-state index is 9.99. The normalized spacial score (nSPS) is 14.8. The lowest BCUT2D eigenvalue weighted by molar-refractivity contribution is 0.249. The molecule has 5 rings (SSSR count). The molecule has 0 bridgehead atoms. The molecule has 0 N–H and O–H groups in total. The number of piperazine rings is 1. The quantitative estimate of drug-likeness (QED) is 0.456. The van der Waals surface area contributed by atoms with Crippen LogP contribution in [0.15, 0.2) is 54.6 Å². The van der Waals surface area contributed by atoms with Gasteiger partial charge in [0.2, 0.25) is 0 Å². The number of rotatable bonds is 5. The lowest BCUT2D eigenvalue weighted by Gasteiger charge is -2.37. The second-order valence-corrected chi connectivity index (χ2v) is 8.67. The molecule has 2 aromatic heterocycles. The van der Waals surface area contributed by atoms with E-state index in [1.54, 1.807) is 0 Å². The van der Waals surface area contributed by atoms with Crippen molar-refractivity contribution in [2.45, 2.75) is 33.2 Å². The average molecular weight is 424 g/mol. The Hall–Kier alpha value is -3.36. The molecule has 0 amide bonds. The van der Waals surface area contributed by atoms with Gasteiger partial charge in [0.05, 0.1) is 16.6 Å². The van der Waals surface area contributed by atoms with E-state index in [9.17, 15) is 5.26 Å². The molecule has 0 radical (unpaired) electrons. The highest BCUT2D eigenvalue weighted by atomic mass is 15.3. The van der Waals surface area contributed by atoms with Crippen LogP contribution in [0.1, 0.15) is 35.6 Å². The molecule has 4 aromatic rings. The maximum Gasteiger partial charge on any atom is 0.157 e. The standard InChI is InChI=1S/C27H29N5/c1-3-9-22-20(2)23(18-28)26-29-24-12-7-8-13-25(24)32(26)27(22)31-16-14-30(15-17-31)19-21-10-5-4-6-11-21/h4-8,10-13H,3,9,14-17,19H2,1-2H3. The van der Waals surface area contributed by atoms with Crippen LogP contribution < -0.4 is 4.90 Å². The first-order valence-electron chi connectivity index (χ1n) is 11.5. The summed E-state index contributed by atoms with van der Waals surface area (Å²) in [5, 5.41) is 9.99. The Labute approximate surface area is 189 Å². The van der Waals surface area contributed by atoms with Gasteiger partial charge in [-0.3, -0.25) is 9.30 Å². The van der Waals surface area contributed by atoms with Gasteiger partial charge in [-0.15, -0.1) is 0 Å². The van der Waals surface area contributed by atoms with Crippen LogP contribution in [0.3, 0.4) is 0 Å². The third-order valence-corrected chi connectivity index (χ3v) is 6.63. The van der Waals surface area contributed by atoms with Gasteiger partial charge < -0.3 is 4.90 Å². The minimum Gasteiger partial charge on any atom is -0.355 e. The Bertz CT molecular complexity index is 1290. The van der Waals surface area contributed by atoms with Crippen molar-refractivity contribution in [3.63, 3.8) is 0 Å². The smallest absolute Gasteiger partial charge is 0.157 e. The minimum absolute atomic E-state index is 0.705. The highest BCUT2D eigenvalue weighted by molar-refractivity contribution is 5.86. The van der Waals surface area contributed by atoms with E-state index in [-0.39, 0.29) is 0 Å². The Morgan fingerprint density at radius 1 is 0.969 bits per heavy atom. The van der Waals surface area contributed by atoms with E-state index in [0.29, 0.717) is 5.56 Å². The summed E-state index contributed by atoms with van der Waals surface area (Å²) in [5.41, 5.74) is 7.25. The van der Waals surface area contributed by atoms with Crippen molar-refractivity contribution in [2.24, 2.45) is 0 Å². The molecule has 0 spiro atoms. The van der Waals surface area contributed by atoms with Gasteiger partial charge >= 0.3 is 0 Å². The second kappa shape index (κ2) is 8.64. The van der Waals surface area contributed by atoms with Crippen molar-refractivity contribution < 1.29 is 0 Å². The Kier molecular flexibility index (Phi) is 5.55. The van der Waals surface area contributed by atoms with E-state index < -0.39 is 0 Å². The molecule has 1 aliphatic rings. The lowest BCUT2D eigenvalue weighted by atomic mass is 10.00. The van der Waals surface area contributed by atoms with E-state index in [1.165, 1.54) is 16.9 Å². The number of hydrogen-bond donors (Lipinski definition) is 0. The predicted octanol–water partition coefficient (Wildman–Crippen LogP) is 4.94. The number of hydrogen-bond acceptors (Lipinski definition) is 4. The van der Waals surface area contributed by atoms with Crippen LogP contribution in [-0.2, 0) is 13.0 Å². The topological polar surface area (TPSA) is 47.6 Å². The zero-order valence-corrected chi connectivity index (χ0v) is 18.9. The number of para-hydroxylation sites is 2. The second-order valence-electron chi connectivity index (χ2n) is 8.67. The lowest BCUT2D eigenvalue weighted by Crippen LogP contribution is -2.47. The Morgan fingerprint density at radius 3 is 2.41 bits per heavy atom. The fraction of sp³-hybridized carbons (Fsp3) is 0.333. The van der Waals surface area contributed by atoms with Gasteiger partial charge in [-0.2, -0.15) is 5.26 Å². The van der Waals surface area contributed by atoms with Gasteiger partial charge in [0, 0.05) is 32.7 Å². The summed E-state index contributed by atoms with van der Waals surface area (Å²) in [4.78, 5) is 9.93. The molecule has 32 heavy (non-hydrogen) atoms. The van der Waals surface area contributed by atoms with Crippen LogP contribution in [0.4, 0.5) is 5.82 Å². The van der Waals surface area contributed by atoms with Crippen molar-refractivity contribution in [3.8, 4) is 6.07 Å². The zero-order valence-electron chi connectivity index (χ0n) is 18.9. The largest absolute Gasteiger partial charge is 0.355 e. The summed E-state index contributed by atoms with van der Waals surface area (Å²) in [5.74, 6) is 1.23. The summed E-state index contributed by atoms with van der Waals surface area (Å²) in [6.07, 6.45) is 2.01. The number of nitrogens with zero attached hydrogens (tertiary/aromatic N) is 5. The summed E-state index contributed by atoms with van der Waals surface area (Å²) < 4.78 is 2.25. The van der Waals surface area contributed by atoms with Gasteiger partial charge in [0.25, 0.3) is 0 Å². The van der Waals surface area contributed by atoms with Gasteiger partial charge in [-0.1, -0.05) is 55.8 Å². The molecule has 1 aliphatic heterocycles. The first-order chi connectivity index (χ1) is 15.7. The van der Waals surface area contributed by atoms with Crippen LogP contribution in [0.2, 0.25) is 0 Å². The number of anilines is 1. The summed E-state index contributed by atoms with van der Waals surface area (Å²) in [7, 11) is 0. The average Bonchev–Trinajstić information content (AvgIpc) is 3.20. The Morgan fingerprint density at radius 2 is 1.69 bits per heavy atom. The monoisotopic (exact) mass is 423 g/mol. The van der Waals surface area contributed by atoms with E-state index in [2.05, 4.69) is 76.6 Å². The van der Waals surface area contributed by atoms with E-state index >= 15 is 0 Å². The van der Waals surface area contributed by atoms with Crippen molar-refractivity contribution in [2.75, 3.05) is 31.1 Å². The fourth-order valence-electron chi connectivity index (χ4n) is 5.00. The van der Waals surface area contributed by atoms with E-state index in [4.69, 9.17) is 4.98 Å². The first-order valence-corrected chi connectivity index (χ1v) is 11.5. The molecule has 0 unspecified atom stereocenters. The highest BCUT2D eigenvalue weighted by Gasteiger charge is 2.26. The van der Waals surface area contributed by atoms with Crippen molar-refractivity contribution in [3.05, 3.63) is 76.9 Å². The Balaban J connectivity index is 1.57. The van der Waals surface area contributed by atoms with Crippen LogP contribution in [0, 0.1) is 18.3 Å². The molecule has 0 saturated carbocycles.